The molecular formula is C18H34. The lowest BCUT2D eigenvalue weighted by Crippen LogP contribution is -1.82. The highest BCUT2D eigenvalue weighted by molar-refractivity contribution is 4.97. The summed E-state index contributed by atoms with van der Waals surface area (Å²) in [6.45, 7) is 4.41. The van der Waals surface area contributed by atoms with Crippen molar-refractivity contribution in [1.82, 2.24) is 0 Å². The van der Waals surface area contributed by atoms with E-state index in [1.165, 1.54) is 77.0 Å². The van der Waals surface area contributed by atoms with Crippen LogP contribution in [0, 0.1) is 11.8 Å². The Balaban J connectivity index is 2.94. The van der Waals surface area contributed by atoms with Crippen molar-refractivity contribution >= 4 is 0 Å². The Kier molecular flexibility index (Phi) is 16.2. The van der Waals surface area contributed by atoms with E-state index >= 15 is 0 Å². The van der Waals surface area contributed by atoms with Crippen LogP contribution in [0.2, 0.25) is 0 Å². The topological polar surface area (TPSA) is 0 Å². The van der Waals surface area contributed by atoms with Gasteiger partial charge in [0.2, 0.25) is 0 Å². The van der Waals surface area contributed by atoms with E-state index in [2.05, 4.69) is 25.7 Å². The van der Waals surface area contributed by atoms with Crippen LogP contribution in [0.15, 0.2) is 0 Å². The second kappa shape index (κ2) is 16.6. The van der Waals surface area contributed by atoms with Gasteiger partial charge in [-0.3, -0.25) is 0 Å². The summed E-state index contributed by atoms with van der Waals surface area (Å²) >= 11 is 0. The van der Waals surface area contributed by atoms with Crippen LogP contribution in [0.3, 0.4) is 0 Å². The predicted molar refractivity (Wildman–Crippen MR) is 83.8 cm³/mol. The largest absolute Gasteiger partial charge is 0.104 e. The van der Waals surface area contributed by atoms with Crippen LogP contribution in [0.5, 0.6) is 0 Å². The van der Waals surface area contributed by atoms with Gasteiger partial charge in [-0.15, -0.1) is 11.8 Å². The van der Waals surface area contributed by atoms with Crippen LogP contribution in [0.1, 0.15) is 104 Å². The summed E-state index contributed by atoms with van der Waals surface area (Å²) in [5.41, 5.74) is 0. The molecule has 0 aromatic rings. The van der Waals surface area contributed by atoms with Crippen LogP contribution in [0.4, 0.5) is 0 Å². The van der Waals surface area contributed by atoms with Crippen molar-refractivity contribution in [3.8, 4) is 11.8 Å². The molecule has 0 N–H and O–H groups in total. The maximum absolute atomic E-state index is 3.22. The lowest BCUT2D eigenvalue weighted by atomic mass is 10.0. The number of hydrogen-bond donors (Lipinski definition) is 0. The first-order chi connectivity index (χ1) is 8.91. The van der Waals surface area contributed by atoms with Crippen molar-refractivity contribution in [3.05, 3.63) is 0 Å². The first kappa shape index (κ1) is 17.6. The molecule has 0 saturated carbocycles. The maximum Gasteiger partial charge on any atom is 0.00886 e. The van der Waals surface area contributed by atoms with E-state index in [4.69, 9.17) is 0 Å². The zero-order chi connectivity index (χ0) is 13.3. The average molecular weight is 250 g/mol. The molecule has 0 saturated heterocycles. The standard InChI is InChI=1S/C18H34/c1-3-5-7-9-11-13-15-17-18-16-14-12-10-8-6-4-2/h3-5,7,9-18H2,1-2H3. The molecule has 0 nitrogen and oxygen atoms in total. The van der Waals surface area contributed by atoms with E-state index in [-0.39, 0.29) is 0 Å². The molecule has 0 bridgehead atoms. The zero-order valence-corrected chi connectivity index (χ0v) is 12.9. The highest BCUT2D eigenvalue weighted by Gasteiger charge is 1.92. The molecule has 0 amide bonds. The van der Waals surface area contributed by atoms with Gasteiger partial charge in [0.25, 0.3) is 0 Å². The fourth-order valence-electron chi connectivity index (χ4n) is 2.27. The summed E-state index contributed by atoms with van der Waals surface area (Å²) in [6.07, 6.45) is 19.2. The smallest absolute Gasteiger partial charge is 0.00886 e. The van der Waals surface area contributed by atoms with Gasteiger partial charge in [0.1, 0.15) is 0 Å². The quantitative estimate of drug-likeness (QED) is 0.274. The fraction of sp³-hybridized carbons (Fsp3) is 0.889. The van der Waals surface area contributed by atoms with Crippen LogP contribution in [-0.2, 0) is 0 Å². The molecule has 18 heavy (non-hydrogen) atoms. The lowest BCUT2D eigenvalue weighted by molar-refractivity contribution is 0.545. The van der Waals surface area contributed by atoms with E-state index in [1.807, 2.05) is 0 Å². The summed E-state index contributed by atoms with van der Waals surface area (Å²) in [5, 5.41) is 0. The van der Waals surface area contributed by atoms with Crippen molar-refractivity contribution < 1.29 is 0 Å². The third-order valence-corrected chi connectivity index (χ3v) is 3.46. The summed E-state index contributed by atoms with van der Waals surface area (Å²) in [7, 11) is 0. The third kappa shape index (κ3) is 15.6. The minimum absolute atomic E-state index is 1.01. The molecule has 106 valence electrons. The van der Waals surface area contributed by atoms with Crippen LogP contribution in [0.25, 0.3) is 0 Å². The number of unbranched alkanes of at least 4 members (excludes halogenated alkanes) is 12. The minimum Gasteiger partial charge on any atom is -0.104 e. The second-order valence-electron chi connectivity index (χ2n) is 5.35. The van der Waals surface area contributed by atoms with Gasteiger partial charge in [-0.1, -0.05) is 84.5 Å². The Bertz CT molecular complexity index is 194. The first-order valence-electron chi connectivity index (χ1n) is 8.37. The van der Waals surface area contributed by atoms with Crippen molar-refractivity contribution in [2.24, 2.45) is 0 Å². The molecule has 0 aromatic carbocycles. The second-order valence-corrected chi connectivity index (χ2v) is 5.35. The minimum atomic E-state index is 1.01. The van der Waals surface area contributed by atoms with Crippen LogP contribution >= 0.6 is 0 Å². The highest BCUT2D eigenvalue weighted by atomic mass is 14.0. The normalized spacial score (nSPS) is 10.1. The third-order valence-electron chi connectivity index (χ3n) is 3.46. The van der Waals surface area contributed by atoms with Crippen LogP contribution in [-0.4, -0.2) is 0 Å². The molecular weight excluding hydrogens is 216 g/mol. The summed E-state index contributed by atoms with van der Waals surface area (Å²) in [4.78, 5) is 0. The van der Waals surface area contributed by atoms with E-state index < -0.39 is 0 Å². The molecule has 0 heterocycles. The summed E-state index contributed by atoms with van der Waals surface area (Å²) in [6, 6.07) is 0. The molecule has 0 spiro atoms. The zero-order valence-electron chi connectivity index (χ0n) is 12.9. The van der Waals surface area contributed by atoms with E-state index in [9.17, 15) is 0 Å². The van der Waals surface area contributed by atoms with Crippen molar-refractivity contribution in [2.75, 3.05) is 0 Å². The molecule has 0 aliphatic heterocycles. The number of rotatable bonds is 12. The molecule has 0 rings (SSSR count). The van der Waals surface area contributed by atoms with Crippen molar-refractivity contribution in [2.45, 2.75) is 104 Å². The van der Waals surface area contributed by atoms with E-state index in [0.29, 0.717) is 0 Å². The molecule has 0 aliphatic rings. The van der Waals surface area contributed by atoms with Gasteiger partial charge in [-0.25, -0.2) is 0 Å². The average Bonchev–Trinajstić information content (AvgIpc) is 2.39. The Morgan fingerprint density at radius 2 is 0.944 bits per heavy atom. The van der Waals surface area contributed by atoms with Crippen molar-refractivity contribution in [3.63, 3.8) is 0 Å². The molecule has 0 fully saturated rings. The molecule has 0 heteroatoms. The van der Waals surface area contributed by atoms with E-state index in [1.54, 1.807) is 0 Å². The van der Waals surface area contributed by atoms with E-state index in [0.717, 1.165) is 12.8 Å². The van der Waals surface area contributed by atoms with Crippen LogP contribution < -0.4 is 0 Å². The molecule has 0 atom stereocenters. The Morgan fingerprint density at radius 1 is 0.500 bits per heavy atom. The van der Waals surface area contributed by atoms with Gasteiger partial charge < -0.3 is 0 Å². The summed E-state index contributed by atoms with van der Waals surface area (Å²) in [5.74, 6) is 6.36. The van der Waals surface area contributed by atoms with Gasteiger partial charge in [-0.2, -0.15) is 0 Å². The first-order valence-corrected chi connectivity index (χ1v) is 8.37. The molecule has 0 aliphatic carbocycles. The van der Waals surface area contributed by atoms with Gasteiger partial charge in [0, 0.05) is 12.8 Å². The molecule has 0 radical (unpaired) electrons. The Hall–Kier alpha value is -0.440. The Morgan fingerprint density at radius 3 is 1.39 bits per heavy atom. The summed E-state index contributed by atoms with van der Waals surface area (Å²) < 4.78 is 0. The fourth-order valence-corrected chi connectivity index (χ4v) is 2.27. The van der Waals surface area contributed by atoms with Crippen molar-refractivity contribution in [1.29, 1.82) is 0 Å². The predicted octanol–water partition coefficient (Wildman–Crippen LogP) is 6.49. The lowest BCUT2D eigenvalue weighted by Gasteiger charge is -2.01. The molecule has 0 unspecified atom stereocenters. The van der Waals surface area contributed by atoms with Gasteiger partial charge in [-0.05, 0) is 6.42 Å². The highest BCUT2D eigenvalue weighted by Crippen LogP contribution is 2.12. The molecule has 0 aromatic heterocycles. The van der Waals surface area contributed by atoms with Gasteiger partial charge in [0.15, 0.2) is 0 Å². The maximum atomic E-state index is 3.22. The Labute approximate surface area is 116 Å². The van der Waals surface area contributed by atoms with Gasteiger partial charge in [0.05, 0.1) is 0 Å². The SMILES string of the molecule is CCC#CCCCCCCCCCCCCCC. The van der Waals surface area contributed by atoms with Gasteiger partial charge >= 0.3 is 0 Å². The number of hydrogen-bond acceptors (Lipinski definition) is 0. The monoisotopic (exact) mass is 250 g/mol.